The summed E-state index contributed by atoms with van der Waals surface area (Å²) in [7, 11) is 0. The number of aromatic nitrogens is 3. The molecule has 4 aromatic rings. The van der Waals surface area contributed by atoms with Crippen LogP contribution in [0.3, 0.4) is 0 Å². The fraction of sp³-hybridized carbons (Fsp3) is 0.333. The second-order valence-corrected chi connectivity index (χ2v) is 10.9. The van der Waals surface area contributed by atoms with Gasteiger partial charge in [-0.1, -0.05) is 24.3 Å². The molecule has 0 spiro atoms. The average molecular weight is 527 g/mol. The fourth-order valence-electron chi connectivity index (χ4n) is 5.73. The van der Waals surface area contributed by atoms with Gasteiger partial charge < -0.3 is 16.0 Å². The van der Waals surface area contributed by atoms with Crippen LogP contribution in [0.1, 0.15) is 44.6 Å². The summed E-state index contributed by atoms with van der Waals surface area (Å²) >= 11 is 0. The molecule has 2 amide bonds. The fourth-order valence-corrected chi connectivity index (χ4v) is 5.73. The number of halogens is 1. The molecule has 2 atom stereocenters. The number of piperidine rings is 1. The van der Waals surface area contributed by atoms with Gasteiger partial charge in [-0.2, -0.15) is 4.39 Å². The summed E-state index contributed by atoms with van der Waals surface area (Å²) < 4.78 is 16.1. The first-order valence-electron chi connectivity index (χ1n) is 13.3. The molecule has 3 N–H and O–H groups in total. The maximum atomic E-state index is 14.6. The molecule has 1 saturated heterocycles. The second-order valence-electron chi connectivity index (χ2n) is 10.9. The zero-order valence-corrected chi connectivity index (χ0v) is 22.1. The molecule has 2 aromatic carbocycles. The monoisotopic (exact) mass is 526 g/mol. The van der Waals surface area contributed by atoms with Crippen molar-refractivity contribution in [1.29, 1.82) is 0 Å². The van der Waals surface area contributed by atoms with Crippen LogP contribution >= 0.6 is 0 Å². The van der Waals surface area contributed by atoms with Gasteiger partial charge in [-0.05, 0) is 77.4 Å². The zero-order valence-electron chi connectivity index (χ0n) is 22.1. The molecule has 3 heterocycles. The van der Waals surface area contributed by atoms with Gasteiger partial charge in [0.2, 0.25) is 11.9 Å². The maximum absolute atomic E-state index is 14.6. The average Bonchev–Trinajstić information content (AvgIpc) is 3.33. The number of hydrogen-bond donors (Lipinski definition) is 2. The van der Waals surface area contributed by atoms with Crippen LogP contribution in [0.5, 0.6) is 0 Å². The summed E-state index contributed by atoms with van der Waals surface area (Å²) in [5.74, 6) is 0.745. The second kappa shape index (κ2) is 9.80. The first-order chi connectivity index (χ1) is 18.8. The lowest BCUT2D eigenvalue weighted by molar-refractivity contribution is -0.129. The lowest BCUT2D eigenvalue weighted by Crippen LogP contribution is -2.31. The summed E-state index contributed by atoms with van der Waals surface area (Å²) in [5.41, 5.74) is 10.7. The minimum absolute atomic E-state index is 0.106. The van der Waals surface area contributed by atoms with Crippen LogP contribution in [0.4, 0.5) is 10.2 Å². The highest BCUT2D eigenvalue weighted by atomic mass is 19.1. The molecular weight excluding hydrogens is 495 g/mol. The Bertz CT molecular complexity index is 1590. The lowest BCUT2D eigenvalue weighted by atomic mass is 9.96. The van der Waals surface area contributed by atoms with Crippen LogP contribution in [0, 0.1) is 31.6 Å². The van der Waals surface area contributed by atoms with Crippen molar-refractivity contribution >= 4 is 28.4 Å². The van der Waals surface area contributed by atoms with Crippen molar-refractivity contribution in [3.8, 4) is 0 Å². The number of likely N-dealkylation sites (tertiary alicyclic amines) is 1. The summed E-state index contributed by atoms with van der Waals surface area (Å²) in [4.78, 5) is 31.5. The largest absolute Gasteiger partial charge is 0.383 e. The van der Waals surface area contributed by atoms with E-state index in [9.17, 15) is 14.0 Å². The van der Waals surface area contributed by atoms with Gasteiger partial charge in [0.15, 0.2) is 0 Å². The predicted molar refractivity (Wildman–Crippen MR) is 146 cm³/mol. The molecule has 200 valence electrons. The van der Waals surface area contributed by atoms with Gasteiger partial charge >= 0.3 is 0 Å². The summed E-state index contributed by atoms with van der Waals surface area (Å²) in [6.07, 6.45) is 4.75. The van der Waals surface area contributed by atoms with Crippen LogP contribution in [-0.4, -0.2) is 44.6 Å². The minimum atomic E-state index is -0.816. The van der Waals surface area contributed by atoms with Crippen LogP contribution in [0.15, 0.2) is 48.8 Å². The van der Waals surface area contributed by atoms with Crippen molar-refractivity contribution in [2.75, 3.05) is 18.8 Å². The zero-order chi connectivity index (χ0) is 27.3. The Kier molecular flexibility index (Phi) is 6.29. The number of nitrogen functional groups attached to an aromatic ring is 1. The van der Waals surface area contributed by atoms with E-state index >= 15 is 0 Å². The standard InChI is InChI=1S/C30H31FN6O2/c1-17-9-24-23(7-8-33-29(24)32)18(2)25(17)12-34-30(39)26-16-37(35-28(26)31)13-20-5-3-19(4-6-20)10-27(38)36-14-21-11-22(21)15-36/h3-9,16,21-22H,10-15H2,1-2H3,(H2,32,33)(H,34,39). The van der Waals surface area contributed by atoms with E-state index in [-0.39, 0.29) is 18.0 Å². The van der Waals surface area contributed by atoms with Crippen LogP contribution in [0.2, 0.25) is 0 Å². The van der Waals surface area contributed by atoms with Crippen molar-refractivity contribution in [2.45, 2.75) is 39.8 Å². The number of carbonyl (C=O) groups is 2. The van der Waals surface area contributed by atoms with Gasteiger partial charge in [-0.25, -0.2) is 4.98 Å². The molecule has 0 bridgehead atoms. The number of nitrogens with one attached hydrogen (secondary N) is 1. The van der Waals surface area contributed by atoms with Crippen molar-refractivity contribution in [3.63, 3.8) is 0 Å². The van der Waals surface area contributed by atoms with E-state index in [1.807, 2.05) is 55.1 Å². The van der Waals surface area contributed by atoms with Crippen LogP contribution < -0.4 is 11.1 Å². The highest BCUT2D eigenvalue weighted by molar-refractivity contribution is 5.95. The normalized spacial score (nSPS) is 17.9. The van der Waals surface area contributed by atoms with E-state index in [4.69, 9.17) is 5.73 Å². The third-order valence-corrected chi connectivity index (χ3v) is 8.16. The Morgan fingerprint density at radius 1 is 1.08 bits per heavy atom. The molecule has 8 nitrogen and oxygen atoms in total. The molecule has 2 aliphatic rings. The van der Waals surface area contributed by atoms with Gasteiger partial charge in [0.1, 0.15) is 11.4 Å². The third-order valence-electron chi connectivity index (χ3n) is 8.16. The molecule has 2 fully saturated rings. The Labute approximate surface area is 226 Å². The van der Waals surface area contributed by atoms with E-state index in [1.54, 1.807) is 6.20 Å². The predicted octanol–water partition coefficient (Wildman–Crippen LogP) is 3.77. The number of nitrogens with zero attached hydrogens (tertiary/aromatic N) is 4. The molecule has 1 aliphatic heterocycles. The van der Waals surface area contributed by atoms with Crippen LogP contribution in [0.25, 0.3) is 10.8 Å². The first kappa shape index (κ1) is 25.0. The van der Waals surface area contributed by atoms with Gasteiger partial charge in [-0.3, -0.25) is 14.3 Å². The van der Waals surface area contributed by atoms with E-state index in [1.165, 1.54) is 17.3 Å². The number of benzene rings is 2. The lowest BCUT2D eigenvalue weighted by Gasteiger charge is -2.17. The number of pyridine rings is 1. The van der Waals surface area contributed by atoms with E-state index in [0.29, 0.717) is 18.8 Å². The van der Waals surface area contributed by atoms with Crippen molar-refractivity contribution in [2.24, 2.45) is 11.8 Å². The highest BCUT2D eigenvalue weighted by Gasteiger charge is 2.46. The highest BCUT2D eigenvalue weighted by Crippen LogP contribution is 2.44. The molecule has 9 heteroatoms. The number of aryl methyl sites for hydroxylation is 2. The number of nitrogens with two attached hydrogens (primary N) is 1. The summed E-state index contributed by atoms with van der Waals surface area (Å²) in [6.45, 7) is 6.29. The number of hydrogen-bond acceptors (Lipinski definition) is 5. The molecule has 2 unspecified atom stereocenters. The summed E-state index contributed by atoms with van der Waals surface area (Å²) in [5, 5.41) is 8.59. The third kappa shape index (κ3) is 4.96. The molecule has 2 aromatic heterocycles. The molecule has 39 heavy (non-hydrogen) atoms. The molecule has 1 aliphatic carbocycles. The topological polar surface area (TPSA) is 106 Å². The molecule has 1 saturated carbocycles. The molecular formula is C30H31FN6O2. The number of rotatable bonds is 7. The molecule has 0 radical (unpaired) electrons. The number of carbonyl (C=O) groups excluding carboxylic acids is 2. The Hall–Kier alpha value is -4.27. The number of amides is 2. The van der Waals surface area contributed by atoms with Gasteiger partial charge in [0, 0.05) is 37.4 Å². The Morgan fingerprint density at radius 2 is 1.79 bits per heavy atom. The Balaban J connectivity index is 1.08. The van der Waals surface area contributed by atoms with Gasteiger partial charge in [0.25, 0.3) is 5.91 Å². The van der Waals surface area contributed by atoms with Crippen molar-refractivity contribution in [3.05, 3.63) is 88.1 Å². The van der Waals surface area contributed by atoms with E-state index in [0.717, 1.165) is 63.5 Å². The van der Waals surface area contributed by atoms with E-state index in [2.05, 4.69) is 15.4 Å². The summed E-state index contributed by atoms with van der Waals surface area (Å²) in [6, 6.07) is 11.5. The van der Waals surface area contributed by atoms with Crippen LogP contribution in [-0.2, 0) is 24.3 Å². The maximum Gasteiger partial charge on any atom is 0.257 e. The first-order valence-corrected chi connectivity index (χ1v) is 13.3. The SMILES string of the molecule is Cc1cc2c(N)nccc2c(C)c1CNC(=O)c1cn(Cc2ccc(CC(=O)N3CC4CC4C3)cc2)nc1F. The quantitative estimate of drug-likeness (QED) is 0.381. The van der Waals surface area contributed by atoms with Gasteiger partial charge in [0.05, 0.1) is 13.0 Å². The number of fused-ring (bicyclic) bond motifs is 2. The molecule has 6 rings (SSSR count). The van der Waals surface area contributed by atoms with E-state index < -0.39 is 11.9 Å². The van der Waals surface area contributed by atoms with Gasteiger partial charge in [-0.15, -0.1) is 5.10 Å². The van der Waals surface area contributed by atoms with Crippen molar-refractivity contribution < 1.29 is 14.0 Å². The Morgan fingerprint density at radius 3 is 2.54 bits per heavy atom. The van der Waals surface area contributed by atoms with Crippen molar-refractivity contribution in [1.82, 2.24) is 25.0 Å². The minimum Gasteiger partial charge on any atom is -0.383 e. The smallest absolute Gasteiger partial charge is 0.257 e. The number of anilines is 1.